The van der Waals surface area contributed by atoms with Gasteiger partial charge in [-0.2, -0.15) is 0 Å². The zero-order valence-electron chi connectivity index (χ0n) is 35.6. The van der Waals surface area contributed by atoms with Crippen LogP contribution in [0, 0.1) is 23.6 Å². The van der Waals surface area contributed by atoms with E-state index in [1.54, 1.807) is 29.2 Å². The number of nitrogens with zero attached hydrogens (tertiary/aromatic N) is 2. The zero-order chi connectivity index (χ0) is 43.1. The minimum absolute atomic E-state index is 0.0364. The molecule has 4 aromatic rings. The molecule has 328 valence electrons. The molecule has 2 N–H and O–H groups in total. The highest BCUT2D eigenvalue weighted by atomic mass is 19.1. The number of aliphatic hydroxyl groups is 2. The summed E-state index contributed by atoms with van der Waals surface area (Å²) in [5.74, 6) is -1.36. The van der Waals surface area contributed by atoms with Crippen molar-refractivity contribution in [1.82, 2.24) is 4.90 Å². The lowest BCUT2D eigenvalue weighted by Gasteiger charge is -2.59. The minimum atomic E-state index is -1.40. The minimum Gasteiger partial charge on any atom is -0.489 e. The molecule has 4 aliphatic rings. The molecule has 1 amide bonds. The average molecular weight is 847 g/mol. The van der Waals surface area contributed by atoms with Gasteiger partial charge in [-0.3, -0.25) is 4.79 Å². The number of aliphatic hydroxyl groups excluding tert-OH is 2. The van der Waals surface area contributed by atoms with Crippen LogP contribution in [-0.2, 0) is 20.9 Å². The highest BCUT2D eigenvalue weighted by Gasteiger charge is 2.65. The molecule has 0 radical (unpaired) electrons. The van der Waals surface area contributed by atoms with E-state index in [2.05, 4.69) is 12.7 Å². The van der Waals surface area contributed by atoms with Gasteiger partial charge in [-0.25, -0.2) is 4.39 Å². The highest BCUT2D eigenvalue weighted by molar-refractivity contribution is 6.04. The monoisotopic (exact) mass is 846 g/mol. The molecule has 62 heavy (non-hydrogen) atoms. The van der Waals surface area contributed by atoms with Crippen LogP contribution in [-0.4, -0.2) is 78.3 Å². The van der Waals surface area contributed by atoms with Crippen LogP contribution < -0.4 is 9.47 Å². The Hall–Kier alpha value is -5.07. The van der Waals surface area contributed by atoms with Crippen molar-refractivity contribution in [2.45, 2.75) is 94.9 Å². The Bertz CT molecular complexity index is 2260. The van der Waals surface area contributed by atoms with E-state index in [0.717, 1.165) is 66.9 Å². The van der Waals surface area contributed by atoms with Gasteiger partial charge >= 0.3 is 0 Å². The van der Waals surface area contributed by atoms with E-state index in [1.165, 1.54) is 6.07 Å². The lowest BCUT2D eigenvalue weighted by atomic mass is 9.55. The van der Waals surface area contributed by atoms with Crippen molar-refractivity contribution in [3.63, 3.8) is 0 Å². The number of carbonyl (C=O) groups excluding carboxylic acids is 1. The summed E-state index contributed by atoms with van der Waals surface area (Å²) in [5, 5.41) is 26.8. The largest absolute Gasteiger partial charge is 0.489 e. The molecule has 0 bridgehead atoms. The Balaban J connectivity index is 1.29. The van der Waals surface area contributed by atoms with E-state index in [-0.39, 0.29) is 62.3 Å². The molecule has 10 nitrogen and oxygen atoms in total. The van der Waals surface area contributed by atoms with Gasteiger partial charge in [0.2, 0.25) is 12.1 Å². The summed E-state index contributed by atoms with van der Waals surface area (Å²) in [4.78, 5) is 22.9. The number of halogens is 1. The number of carbonyl (C=O) groups is 1. The Labute approximate surface area is 364 Å². The molecule has 2 heterocycles. The quantitative estimate of drug-likeness (QED) is 0.0578. The normalized spacial score (nSPS) is 25.9. The number of hydrogen-bond acceptors (Lipinski definition) is 9. The fourth-order valence-corrected chi connectivity index (χ4v) is 10.2. The Kier molecular flexibility index (Phi) is 14.0. The van der Waals surface area contributed by atoms with Crippen LogP contribution in [0.2, 0.25) is 0 Å². The van der Waals surface area contributed by atoms with Crippen LogP contribution in [0.15, 0.2) is 114 Å². The van der Waals surface area contributed by atoms with Gasteiger partial charge in [0.15, 0.2) is 0 Å². The molecule has 2 aliphatic heterocycles. The van der Waals surface area contributed by atoms with Crippen molar-refractivity contribution in [3.05, 3.63) is 132 Å². The van der Waals surface area contributed by atoms with Crippen LogP contribution in [0.1, 0.15) is 91.6 Å². The van der Waals surface area contributed by atoms with E-state index >= 15 is 0 Å². The first kappa shape index (κ1) is 43.6. The maximum absolute atomic E-state index is 14.9. The molecular formula is C51H59FN2O8. The van der Waals surface area contributed by atoms with Gasteiger partial charge < -0.3 is 38.9 Å². The molecule has 11 heteroatoms. The van der Waals surface area contributed by atoms with Gasteiger partial charge in [0.05, 0.1) is 24.8 Å². The van der Waals surface area contributed by atoms with Gasteiger partial charge in [-0.05, 0) is 103 Å². The molecule has 0 aromatic heterocycles. The predicted octanol–water partition coefficient (Wildman–Crippen LogP) is 9.49. The van der Waals surface area contributed by atoms with Gasteiger partial charge in [0.25, 0.3) is 5.91 Å². The van der Waals surface area contributed by atoms with Crippen molar-refractivity contribution in [2.24, 2.45) is 22.9 Å². The predicted molar refractivity (Wildman–Crippen MR) is 236 cm³/mol. The van der Waals surface area contributed by atoms with Crippen LogP contribution in [0.4, 0.5) is 4.39 Å². The summed E-state index contributed by atoms with van der Waals surface area (Å²) in [6.45, 7) is 5.01. The molecular weight excluding hydrogens is 788 g/mol. The van der Waals surface area contributed by atoms with Crippen molar-refractivity contribution >= 4 is 22.4 Å². The third kappa shape index (κ3) is 9.04. The second-order valence-electron chi connectivity index (χ2n) is 17.0. The van der Waals surface area contributed by atoms with Crippen LogP contribution in [0.3, 0.4) is 0 Å². The number of likely N-dealkylation sites (N-methyl/N-ethyl adjacent to an activating group) is 1. The van der Waals surface area contributed by atoms with E-state index < -0.39 is 24.0 Å². The second-order valence-corrected chi connectivity index (χ2v) is 17.0. The summed E-state index contributed by atoms with van der Waals surface area (Å²) in [6, 6.07) is 25.4. The number of allylic oxidation sites excluding steroid dienone is 1. The fraction of sp³-hybridized carbons (Fsp3) is 0.451. The van der Waals surface area contributed by atoms with Gasteiger partial charge in [-0.15, -0.1) is 6.58 Å². The van der Waals surface area contributed by atoms with E-state index in [1.807, 2.05) is 67.7 Å². The van der Waals surface area contributed by atoms with Crippen molar-refractivity contribution < 1.29 is 43.2 Å². The summed E-state index contributed by atoms with van der Waals surface area (Å²) in [7, 11) is 1.81. The molecule has 1 saturated carbocycles. The first-order chi connectivity index (χ1) is 30.3. The molecule has 8 rings (SSSR count). The Morgan fingerprint density at radius 2 is 1.76 bits per heavy atom. The Morgan fingerprint density at radius 1 is 0.968 bits per heavy atom. The standard InChI is InChI=1S/C51H59FN2O8/c1-3-27-60-51-46(54(2)50(57)37-22-21-34-14-4-5-15-35(34)29-37)32-44(53-62-47-20-10-13-28-58-47)41-30-36(16-8-11-25-55)40(18-9-12-26-56)48(49(41)51)42-31-39(23-24-45(42)61-51)59-33-38-17-6-7-19-43(38)52/h3-7,14-15,17,19,21-24,29-31,36,40,46-49,55-56H,1,8-13,16,18,20,25-28,32-33H2,2H3. The van der Waals surface area contributed by atoms with Crippen molar-refractivity contribution in [1.29, 1.82) is 0 Å². The first-order valence-electron chi connectivity index (χ1n) is 22.3. The average Bonchev–Trinajstić information content (AvgIpc) is 3.30. The number of benzene rings is 4. The second kappa shape index (κ2) is 20.0. The molecule has 7 atom stereocenters. The lowest BCUT2D eigenvalue weighted by Crippen LogP contribution is -2.69. The van der Waals surface area contributed by atoms with Gasteiger partial charge in [0, 0.05) is 55.7 Å². The summed E-state index contributed by atoms with van der Waals surface area (Å²) in [5.41, 5.74) is 3.55. The van der Waals surface area contributed by atoms with Crippen molar-refractivity contribution in [3.8, 4) is 11.5 Å². The number of fused-ring (bicyclic) bond motifs is 3. The number of oxime groups is 1. The zero-order valence-corrected chi connectivity index (χ0v) is 35.6. The summed E-state index contributed by atoms with van der Waals surface area (Å²) < 4.78 is 41.5. The topological polar surface area (TPSA) is 119 Å². The van der Waals surface area contributed by atoms with E-state index in [9.17, 15) is 19.4 Å². The smallest absolute Gasteiger partial charge is 0.254 e. The molecule has 2 aliphatic carbocycles. The number of rotatable bonds is 18. The molecule has 2 fully saturated rings. The Morgan fingerprint density at radius 3 is 2.53 bits per heavy atom. The SMILES string of the molecule is C=CCOC12Oc3ccc(OCc4ccccc4F)cc3C3C(CCCCO)C(CCCCO)C=C(C(=NOC4CCCCO4)CC1N(C)C(=O)c1ccc4ccccc4c1)C32. The highest BCUT2D eigenvalue weighted by Crippen LogP contribution is 2.62. The van der Waals surface area contributed by atoms with Crippen LogP contribution >= 0.6 is 0 Å². The van der Waals surface area contributed by atoms with E-state index in [4.69, 9.17) is 28.9 Å². The lowest BCUT2D eigenvalue weighted by molar-refractivity contribution is -0.252. The summed E-state index contributed by atoms with van der Waals surface area (Å²) >= 11 is 0. The third-order valence-corrected chi connectivity index (χ3v) is 13.2. The molecule has 1 saturated heterocycles. The molecule has 0 spiro atoms. The maximum atomic E-state index is 14.9. The number of amides is 1. The van der Waals surface area contributed by atoms with Gasteiger partial charge in [0.1, 0.15) is 30.0 Å². The number of hydrogen-bond donors (Lipinski definition) is 2. The third-order valence-electron chi connectivity index (χ3n) is 13.2. The van der Waals surface area contributed by atoms with Crippen molar-refractivity contribution in [2.75, 3.05) is 33.5 Å². The van der Waals surface area contributed by atoms with Gasteiger partial charge in [-0.1, -0.05) is 78.7 Å². The molecule has 7 unspecified atom stereocenters. The van der Waals surface area contributed by atoms with Crippen LogP contribution in [0.25, 0.3) is 10.8 Å². The fourth-order valence-electron chi connectivity index (χ4n) is 10.2. The maximum Gasteiger partial charge on any atom is 0.254 e. The van der Waals surface area contributed by atoms with Crippen LogP contribution in [0.5, 0.6) is 11.5 Å². The van der Waals surface area contributed by atoms with E-state index in [0.29, 0.717) is 47.8 Å². The molecule has 4 aromatic carbocycles. The first-order valence-corrected chi connectivity index (χ1v) is 22.3. The summed E-state index contributed by atoms with van der Waals surface area (Å²) in [6.07, 6.45) is 11.0. The number of unbranched alkanes of at least 4 members (excludes halogenated alkanes) is 2. The number of ether oxygens (including phenoxy) is 4.